The fourth-order valence-corrected chi connectivity index (χ4v) is 5.34. The molecule has 0 fully saturated rings. The molecule has 0 heterocycles. The Hall–Kier alpha value is -5.60. The first-order valence-corrected chi connectivity index (χ1v) is 16.3. The number of carbonyl (C=O) groups excluding carboxylic acids is 4. The Balaban J connectivity index is 1.74. The van der Waals surface area contributed by atoms with Gasteiger partial charge in [0.2, 0.25) is 17.7 Å². The van der Waals surface area contributed by atoms with E-state index in [4.69, 9.17) is 42.1 Å². The summed E-state index contributed by atoms with van der Waals surface area (Å²) in [5.41, 5.74) is -0.399. The van der Waals surface area contributed by atoms with E-state index in [1.807, 2.05) is 30.3 Å². The lowest BCUT2D eigenvalue weighted by Crippen LogP contribution is -2.43. The van der Waals surface area contributed by atoms with E-state index in [1.54, 1.807) is 30.3 Å². The van der Waals surface area contributed by atoms with Crippen LogP contribution in [0.1, 0.15) is 19.4 Å². The van der Waals surface area contributed by atoms with Crippen LogP contribution in [0.25, 0.3) is 5.57 Å². The molecule has 272 valence electrons. The maximum Gasteiger partial charge on any atom is 0.258 e. The third kappa shape index (κ3) is 9.00. The highest BCUT2D eigenvalue weighted by atomic mass is 35.5. The molecule has 2 amide bonds. The topological polar surface area (TPSA) is 179 Å². The molecule has 3 aromatic rings. The van der Waals surface area contributed by atoms with Crippen molar-refractivity contribution in [1.29, 1.82) is 0 Å². The third-order valence-corrected chi connectivity index (χ3v) is 8.46. The number of anilines is 2. The van der Waals surface area contributed by atoms with Crippen molar-refractivity contribution >= 4 is 63.5 Å². The zero-order valence-electron chi connectivity index (χ0n) is 29.0. The first-order chi connectivity index (χ1) is 24.8. The number of ketones is 2. The number of alkyl halides is 2. The third-order valence-electron chi connectivity index (χ3n) is 7.68. The first kappa shape index (κ1) is 39.2. The van der Waals surface area contributed by atoms with Gasteiger partial charge in [-0.15, -0.1) is 0 Å². The summed E-state index contributed by atoms with van der Waals surface area (Å²) in [7, 11) is 5.75. The molecule has 0 saturated carbocycles. The highest BCUT2D eigenvalue weighted by Gasteiger charge is 2.51. The number of nitrogens with zero attached hydrogens (tertiary/aromatic N) is 4. The number of methoxy groups -OCH3 is 4. The molecule has 2 N–H and O–H groups in total. The van der Waals surface area contributed by atoms with Gasteiger partial charge in [-0.05, 0) is 61.4 Å². The second-order valence-corrected chi connectivity index (χ2v) is 12.6. The van der Waals surface area contributed by atoms with Gasteiger partial charge in [0.1, 0.15) is 23.0 Å². The SMILES string of the molecule is COc1ccc(NC(=O)C(N=NC2(N=NC(C(C)=O)C(=O)Nc3ccc(OC)cc3OC)C=CC(c3ccccc3)=CC2(Cl)Cl)C(C)=O)c(OC)c1. The molecule has 0 bridgehead atoms. The van der Waals surface area contributed by atoms with Crippen LogP contribution in [0.5, 0.6) is 23.0 Å². The van der Waals surface area contributed by atoms with Gasteiger partial charge in [-0.1, -0.05) is 59.6 Å². The standard InChI is InChI=1S/C36H36Cl2N6O8/c1-21(45)31(33(47)39-27-14-12-25(49-3)18-29(27)51-5)41-43-36(17-16-24(20-35(36,37)38)23-10-8-7-9-11-23)44-42-32(22(2)46)34(48)40-28-15-13-26(50-4)19-30(28)52-6/h7-20,31-32H,1-6H3,(H,39,47)(H,40,48). The minimum atomic E-state index is -2.17. The molecule has 14 nitrogen and oxygen atoms in total. The number of rotatable bonds is 15. The van der Waals surface area contributed by atoms with Gasteiger partial charge in [-0.2, -0.15) is 20.5 Å². The zero-order valence-corrected chi connectivity index (χ0v) is 30.6. The van der Waals surface area contributed by atoms with Crippen molar-refractivity contribution in [1.82, 2.24) is 0 Å². The van der Waals surface area contributed by atoms with Gasteiger partial charge in [-0.25, -0.2) is 0 Å². The van der Waals surface area contributed by atoms with E-state index in [1.165, 1.54) is 52.7 Å². The zero-order chi connectivity index (χ0) is 38.1. The summed E-state index contributed by atoms with van der Waals surface area (Å²) < 4.78 is 19.0. The van der Waals surface area contributed by atoms with E-state index in [2.05, 4.69) is 31.1 Å². The molecule has 1 aliphatic carbocycles. The molecule has 4 rings (SSSR count). The van der Waals surface area contributed by atoms with Crippen LogP contribution in [0.4, 0.5) is 11.4 Å². The van der Waals surface area contributed by atoms with Gasteiger partial charge in [0.15, 0.2) is 15.9 Å². The Morgan fingerprint density at radius 3 is 1.52 bits per heavy atom. The maximum atomic E-state index is 13.4. The molecule has 1 aliphatic rings. The lowest BCUT2D eigenvalue weighted by Gasteiger charge is -2.33. The van der Waals surface area contributed by atoms with Gasteiger partial charge in [0.25, 0.3) is 11.8 Å². The van der Waals surface area contributed by atoms with Crippen LogP contribution in [0.3, 0.4) is 0 Å². The monoisotopic (exact) mass is 750 g/mol. The number of allylic oxidation sites excluding steroid dienone is 2. The smallest absolute Gasteiger partial charge is 0.258 e. The van der Waals surface area contributed by atoms with Crippen LogP contribution in [0, 0.1) is 0 Å². The number of nitrogens with one attached hydrogen (secondary N) is 2. The van der Waals surface area contributed by atoms with Gasteiger partial charge >= 0.3 is 0 Å². The second-order valence-electron chi connectivity index (χ2n) is 11.2. The Morgan fingerprint density at radius 1 is 0.673 bits per heavy atom. The molecular weight excluding hydrogens is 715 g/mol. The summed E-state index contributed by atoms with van der Waals surface area (Å²) in [4.78, 5) is 52.4. The Labute approximate surface area is 309 Å². The van der Waals surface area contributed by atoms with Crippen LogP contribution >= 0.6 is 23.2 Å². The van der Waals surface area contributed by atoms with Crippen molar-refractivity contribution in [3.63, 3.8) is 0 Å². The van der Waals surface area contributed by atoms with Crippen molar-refractivity contribution in [2.45, 2.75) is 35.9 Å². The van der Waals surface area contributed by atoms with Crippen LogP contribution in [-0.2, 0) is 19.2 Å². The van der Waals surface area contributed by atoms with Gasteiger partial charge in [-0.3, -0.25) is 19.2 Å². The van der Waals surface area contributed by atoms with Crippen molar-refractivity contribution < 1.29 is 38.1 Å². The molecule has 2 unspecified atom stereocenters. The van der Waals surface area contributed by atoms with E-state index in [9.17, 15) is 19.2 Å². The lowest BCUT2D eigenvalue weighted by molar-refractivity contribution is -0.127. The minimum absolute atomic E-state index is 0.227. The lowest BCUT2D eigenvalue weighted by atomic mass is 9.93. The summed E-state index contributed by atoms with van der Waals surface area (Å²) in [6.45, 7) is 2.29. The highest BCUT2D eigenvalue weighted by Crippen LogP contribution is 2.47. The molecular formula is C36H36Cl2N6O8. The predicted octanol–water partition coefficient (Wildman–Crippen LogP) is 6.64. The molecule has 0 aliphatic heterocycles. The van der Waals surface area contributed by atoms with Crippen molar-refractivity contribution in [3.05, 3.63) is 90.5 Å². The molecule has 3 aromatic carbocycles. The molecule has 0 radical (unpaired) electrons. The van der Waals surface area contributed by atoms with E-state index in [0.717, 1.165) is 19.4 Å². The molecule has 0 saturated heterocycles. The largest absolute Gasteiger partial charge is 0.497 e. The van der Waals surface area contributed by atoms with E-state index in [-0.39, 0.29) is 22.9 Å². The van der Waals surface area contributed by atoms with Crippen molar-refractivity contribution in [2.75, 3.05) is 39.1 Å². The molecule has 16 heteroatoms. The van der Waals surface area contributed by atoms with Crippen molar-refractivity contribution in [2.24, 2.45) is 20.5 Å². The summed E-state index contributed by atoms with van der Waals surface area (Å²) in [5.74, 6) is -1.65. The van der Waals surface area contributed by atoms with Gasteiger partial charge < -0.3 is 29.6 Å². The summed E-state index contributed by atoms with van der Waals surface area (Å²) in [6.07, 6.45) is 4.37. The van der Waals surface area contributed by atoms with Crippen LogP contribution in [0.2, 0.25) is 0 Å². The molecule has 2 atom stereocenters. The minimum Gasteiger partial charge on any atom is -0.497 e. The number of benzene rings is 3. The molecule has 0 spiro atoms. The van der Waals surface area contributed by atoms with Crippen molar-refractivity contribution in [3.8, 4) is 23.0 Å². The predicted molar refractivity (Wildman–Crippen MR) is 196 cm³/mol. The quantitative estimate of drug-likeness (QED) is 0.0986. The molecule has 0 aromatic heterocycles. The highest BCUT2D eigenvalue weighted by molar-refractivity contribution is 6.51. The number of ether oxygens (including phenoxy) is 4. The number of hydrogen-bond acceptors (Lipinski definition) is 12. The summed E-state index contributed by atoms with van der Waals surface area (Å²) in [5, 5.41) is 21.8. The van der Waals surface area contributed by atoms with Gasteiger partial charge in [0.05, 0.1) is 39.8 Å². The first-order valence-electron chi connectivity index (χ1n) is 15.5. The van der Waals surface area contributed by atoms with Crippen LogP contribution < -0.4 is 29.6 Å². The Morgan fingerprint density at radius 2 is 1.13 bits per heavy atom. The molecule has 52 heavy (non-hydrogen) atoms. The fraction of sp³-hybridized carbons (Fsp3) is 0.278. The number of amides is 2. The number of azo groups is 2. The number of carbonyl (C=O) groups is 4. The number of halogens is 2. The summed E-state index contributed by atoms with van der Waals surface area (Å²) in [6, 6.07) is 15.0. The average molecular weight is 752 g/mol. The number of Topliss-reactive ketones (excluding diaryl/α,β-unsaturated/α-hetero) is 2. The number of hydrogen-bond donors (Lipinski definition) is 2. The van der Waals surface area contributed by atoms with E-state index in [0.29, 0.717) is 17.1 Å². The van der Waals surface area contributed by atoms with E-state index >= 15 is 0 Å². The Kier molecular flexibility index (Phi) is 12.9. The van der Waals surface area contributed by atoms with E-state index < -0.39 is 45.5 Å². The normalized spacial score (nSPS) is 17.5. The van der Waals surface area contributed by atoms with Crippen LogP contribution in [0.15, 0.2) is 105 Å². The van der Waals surface area contributed by atoms with Gasteiger partial charge in [0, 0.05) is 12.1 Å². The Bertz CT molecular complexity index is 1850. The average Bonchev–Trinajstić information content (AvgIpc) is 3.12. The fourth-order valence-electron chi connectivity index (χ4n) is 4.83. The maximum absolute atomic E-state index is 13.4. The second kappa shape index (κ2) is 17.1. The van der Waals surface area contributed by atoms with Crippen LogP contribution in [-0.4, -0.2) is 73.9 Å². The summed E-state index contributed by atoms with van der Waals surface area (Å²) >= 11 is 13.8.